The minimum Gasteiger partial charge on any atom is -0.372 e. The van der Waals surface area contributed by atoms with Gasteiger partial charge in [-0.15, -0.1) is 0 Å². The van der Waals surface area contributed by atoms with Crippen molar-refractivity contribution in [2.75, 3.05) is 31.6 Å². The van der Waals surface area contributed by atoms with Gasteiger partial charge < -0.3 is 10.2 Å². The topological polar surface area (TPSA) is 69.7 Å². The summed E-state index contributed by atoms with van der Waals surface area (Å²) >= 11 is 0. The summed E-state index contributed by atoms with van der Waals surface area (Å²) in [6.45, 7) is 3.02. The van der Waals surface area contributed by atoms with Gasteiger partial charge >= 0.3 is 0 Å². The van der Waals surface area contributed by atoms with Crippen molar-refractivity contribution < 1.29 is 13.2 Å². The van der Waals surface area contributed by atoms with Crippen molar-refractivity contribution in [2.24, 2.45) is 0 Å². The first-order valence-electron chi connectivity index (χ1n) is 10.6. The van der Waals surface area contributed by atoms with E-state index in [0.717, 1.165) is 18.7 Å². The molecule has 3 rings (SSSR count). The van der Waals surface area contributed by atoms with Gasteiger partial charge in [-0.1, -0.05) is 30.3 Å². The van der Waals surface area contributed by atoms with Gasteiger partial charge in [-0.05, 0) is 55.5 Å². The highest BCUT2D eigenvalue weighted by Gasteiger charge is 2.20. The van der Waals surface area contributed by atoms with E-state index in [-0.39, 0.29) is 10.8 Å². The van der Waals surface area contributed by atoms with E-state index in [0.29, 0.717) is 25.9 Å². The number of carbonyl (C=O) groups is 1. The second-order valence-electron chi connectivity index (χ2n) is 7.73. The van der Waals surface area contributed by atoms with Crippen LogP contribution in [0.15, 0.2) is 59.5 Å². The zero-order valence-electron chi connectivity index (χ0n) is 17.6. The Kier molecular flexibility index (Phi) is 7.87. The zero-order chi connectivity index (χ0) is 21.4. The molecule has 2 aromatic carbocycles. The molecular formula is C23H31N3O3S. The zero-order valence-corrected chi connectivity index (χ0v) is 18.4. The van der Waals surface area contributed by atoms with Crippen LogP contribution in [0.25, 0.3) is 0 Å². The summed E-state index contributed by atoms with van der Waals surface area (Å²) in [5, 5.41) is 2.92. The highest BCUT2D eigenvalue weighted by Crippen LogP contribution is 2.20. The minimum atomic E-state index is -3.51. The second kappa shape index (κ2) is 10.6. The normalized spacial score (nSPS) is 14.7. The van der Waals surface area contributed by atoms with Crippen molar-refractivity contribution in [2.45, 2.75) is 43.5 Å². The maximum Gasteiger partial charge on any atom is 0.242 e. The number of nitrogens with zero attached hydrogens (tertiary/aromatic N) is 2. The summed E-state index contributed by atoms with van der Waals surface area (Å²) in [5.41, 5.74) is 2.31. The third-order valence-corrected chi connectivity index (χ3v) is 7.35. The van der Waals surface area contributed by atoms with Crippen molar-refractivity contribution in [3.05, 3.63) is 60.2 Å². The van der Waals surface area contributed by atoms with Gasteiger partial charge in [0.05, 0.1) is 4.90 Å². The maximum absolute atomic E-state index is 12.5. The van der Waals surface area contributed by atoms with Gasteiger partial charge in [0, 0.05) is 45.3 Å². The number of piperidine rings is 1. The minimum absolute atomic E-state index is 0.0689. The molecule has 1 saturated heterocycles. The van der Waals surface area contributed by atoms with Crippen LogP contribution < -0.4 is 10.2 Å². The van der Waals surface area contributed by atoms with Gasteiger partial charge in [-0.3, -0.25) is 4.79 Å². The Morgan fingerprint density at radius 3 is 2.33 bits per heavy atom. The van der Waals surface area contributed by atoms with E-state index >= 15 is 0 Å². The number of amides is 1. The predicted octanol–water partition coefficient (Wildman–Crippen LogP) is 3.39. The molecule has 0 saturated carbocycles. The molecule has 1 aliphatic heterocycles. The molecule has 2 aromatic rings. The summed E-state index contributed by atoms with van der Waals surface area (Å²) in [5.74, 6) is -0.0689. The summed E-state index contributed by atoms with van der Waals surface area (Å²) in [7, 11) is -1.96. The number of rotatable bonds is 9. The highest BCUT2D eigenvalue weighted by atomic mass is 32.2. The fraction of sp³-hybridized carbons (Fsp3) is 0.435. The number of hydrogen-bond acceptors (Lipinski definition) is 4. The molecule has 1 heterocycles. The van der Waals surface area contributed by atoms with Crippen LogP contribution in [0.4, 0.5) is 5.69 Å². The van der Waals surface area contributed by atoms with Crippen molar-refractivity contribution in [3.8, 4) is 0 Å². The molecule has 0 radical (unpaired) electrons. The van der Waals surface area contributed by atoms with Crippen LogP contribution in [0.5, 0.6) is 0 Å². The molecule has 162 valence electrons. The van der Waals surface area contributed by atoms with Gasteiger partial charge in [0.25, 0.3) is 0 Å². The van der Waals surface area contributed by atoms with Crippen LogP contribution in [0.1, 0.15) is 37.7 Å². The fourth-order valence-corrected chi connectivity index (χ4v) is 4.85. The third kappa shape index (κ3) is 6.06. The van der Waals surface area contributed by atoms with E-state index < -0.39 is 10.0 Å². The lowest BCUT2D eigenvalue weighted by Gasteiger charge is -2.28. The molecule has 0 aliphatic carbocycles. The van der Waals surface area contributed by atoms with E-state index in [4.69, 9.17) is 0 Å². The Bertz CT molecular complexity index is 908. The van der Waals surface area contributed by atoms with Crippen molar-refractivity contribution in [1.29, 1.82) is 0 Å². The van der Waals surface area contributed by atoms with Crippen LogP contribution in [-0.4, -0.2) is 45.3 Å². The summed E-state index contributed by atoms with van der Waals surface area (Å²) < 4.78 is 26.3. The molecule has 0 spiro atoms. The van der Waals surface area contributed by atoms with E-state index in [1.54, 1.807) is 37.4 Å². The van der Waals surface area contributed by atoms with E-state index in [1.807, 2.05) is 0 Å². The van der Waals surface area contributed by atoms with Crippen LogP contribution in [0, 0.1) is 0 Å². The number of nitrogens with one attached hydrogen (secondary N) is 1. The molecular weight excluding hydrogens is 398 g/mol. The van der Waals surface area contributed by atoms with E-state index in [9.17, 15) is 13.2 Å². The number of benzene rings is 2. The molecule has 0 atom stereocenters. The van der Waals surface area contributed by atoms with Gasteiger partial charge in [0.2, 0.25) is 15.9 Å². The molecule has 7 heteroatoms. The lowest BCUT2D eigenvalue weighted by molar-refractivity contribution is -0.121. The third-order valence-electron chi connectivity index (χ3n) is 5.48. The average molecular weight is 430 g/mol. The summed E-state index contributed by atoms with van der Waals surface area (Å²) in [6, 6.07) is 16.7. The lowest BCUT2D eigenvalue weighted by atomic mass is 10.1. The Hall–Kier alpha value is -2.38. The Balaban J connectivity index is 1.39. The molecule has 0 aromatic heterocycles. The number of anilines is 1. The second-order valence-corrected chi connectivity index (χ2v) is 9.78. The SMILES string of the molecule is CN(CCCC(=O)NCc1ccc(N2CCCCC2)cc1)S(=O)(=O)c1ccccc1. The van der Waals surface area contributed by atoms with Crippen LogP contribution in [0.3, 0.4) is 0 Å². The van der Waals surface area contributed by atoms with E-state index in [2.05, 4.69) is 34.5 Å². The van der Waals surface area contributed by atoms with Crippen molar-refractivity contribution in [1.82, 2.24) is 9.62 Å². The smallest absolute Gasteiger partial charge is 0.242 e. The Morgan fingerprint density at radius 2 is 1.67 bits per heavy atom. The standard InChI is InChI=1S/C23H31N3O3S/c1-25(30(28,29)22-9-4-2-5-10-22)16-8-11-23(27)24-19-20-12-14-21(15-13-20)26-17-6-3-7-18-26/h2,4-5,9-10,12-15H,3,6-8,11,16-19H2,1H3,(H,24,27). The molecule has 1 fully saturated rings. The monoisotopic (exact) mass is 429 g/mol. The quantitative estimate of drug-likeness (QED) is 0.663. The fourth-order valence-electron chi connectivity index (χ4n) is 3.62. The number of sulfonamides is 1. The number of carbonyl (C=O) groups excluding carboxylic acids is 1. The van der Waals surface area contributed by atoms with E-state index in [1.165, 1.54) is 29.3 Å². The maximum atomic E-state index is 12.5. The van der Waals surface area contributed by atoms with Crippen LogP contribution in [0.2, 0.25) is 0 Å². The largest absolute Gasteiger partial charge is 0.372 e. The van der Waals surface area contributed by atoms with Gasteiger partial charge in [-0.25, -0.2) is 12.7 Å². The first kappa shape index (κ1) is 22.3. The molecule has 0 unspecified atom stereocenters. The van der Waals surface area contributed by atoms with Gasteiger partial charge in [0.15, 0.2) is 0 Å². The molecule has 6 nitrogen and oxygen atoms in total. The lowest BCUT2D eigenvalue weighted by Crippen LogP contribution is -2.30. The summed E-state index contributed by atoms with van der Waals surface area (Å²) in [4.78, 5) is 14.8. The predicted molar refractivity (Wildman–Crippen MR) is 120 cm³/mol. The van der Waals surface area contributed by atoms with Gasteiger partial charge in [-0.2, -0.15) is 0 Å². The van der Waals surface area contributed by atoms with Gasteiger partial charge in [0.1, 0.15) is 0 Å². The first-order chi connectivity index (χ1) is 14.5. The number of hydrogen-bond donors (Lipinski definition) is 1. The average Bonchev–Trinajstić information content (AvgIpc) is 2.79. The van der Waals surface area contributed by atoms with Crippen molar-refractivity contribution >= 4 is 21.6 Å². The Morgan fingerprint density at radius 1 is 1.00 bits per heavy atom. The Labute approximate surface area is 179 Å². The molecule has 1 aliphatic rings. The summed E-state index contributed by atoms with van der Waals surface area (Å²) in [6.07, 6.45) is 4.58. The van der Waals surface area contributed by atoms with Crippen molar-refractivity contribution in [3.63, 3.8) is 0 Å². The van der Waals surface area contributed by atoms with Crippen LogP contribution >= 0.6 is 0 Å². The first-order valence-corrected chi connectivity index (χ1v) is 12.0. The molecule has 0 bridgehead atoms. The highest BCUT2D eigenvalue weighted by molar-refractivity contribution is 7.89. The molecule has 30 heavy (non-hydrogen) atoms. The van der Waals surface area contributed by atoms with Crippen LogP contribution in [-0.2, 0) is 21.4 Å². The molecule has 1 amide bonds. The molecule has 1 N–H and O–H groups in total.